The van der Waals surface area contributed by atoms with Crippen LogP contribution in [0.25, 0.3) is 0 Å². The van der Waals surface area contributed by atoms with Gasteiger partial charge in [0.25, 0.3) is 11.5 Å². The number of pyridine rings is 2. The lowest BCUT2D eigenvalue weighted by atomic mass is 10.2. The number of rotatable bonds is 3. The van der Waals surface area contributed by atoms with E-state index in [1.165, 1.54) is 29.1 Å². The van der Waals surface area contributed by atoms with Gasteiger partial charge in [-0.1, -0.05) is 11.6 Å². The number of amides is 1. The standard InChI is InChI=1S/C13H12ClN3O2/c1-2-17-8-11(3-4-12(17)18)16-13(19)9-5-10(14)7-15-6-9/h3-8H,2H2,1H3,(H,16,19). The first-order chi connectivity index (χ1) is 9.10. The predicted octanol–water partition coefficient (Wildman–Crippen LogP) is 2.17. The molecule has 6 heteroatoms. The lowest BCUT2D eigenvalue weighted by Crippen LogP contribution is -2.19. The summed E-state index contributed by atoms with van der Waals surface area (Å²) in [5, 5.41) is 3.08. The Morgan fingerprint density at radius 3 is 2.89 bits per heavy atom. The summed E-state index contributed by atoms with van der Waals surface area (Å²) in [5.74, 6) is -0.323. The number of aryl methyl sites for hydroxylation is 1. The Bertz CT molecular complexity index is 667. The monoisotopic (exact) mass is 277 g/mol. The van der Waals surface area contributed by atoms with Crippen LogP contribution in [0.4, 0.5) is 5.69 Å². The first-order valence-corrected chi connectivity index (χ1v) is 6.10. The maximum Gasteiger partial charge on any atom is 0.257 e. The van der Waals surface area contributed by atoms with Crippen molar-refractivity contribution in [2.24, 2.45) is 0 Å². The smallest absolute Gasteiger partial charge is 0.257 e. The van der Waals surface area contributed by atoms with Crippen LogP contribution in [-0.4, -0.2) is 15.5 Å². The number of nitrogens with one attached hydrogen (secondary N) is 1. The number of hydrogen-bond donors (Lipinski definition) is 1. The molecule has 0 aliphatic carbocycles. The van der Waals surface area contributed by atoms with Crippen molar-refractivity contribution in [3.8, 4) is 0 Å². The number of hydrogen-bond acceptors (Lipinski definition) is 3. The molecule has 0 unspecified atom stereocenters. The quantitative estimate of drug-likeness (QED) is 0.935. The topological polar surface area (TPSA) is 64.0 Å². The van der Waals surface area contributed by atoms with Gasteiger partial charge in [-0.3, -0.25) is 14.6 Å². The number of anilines is 1. The summed E-state index contributed by atoms with van der Waals surface area (Å²) >= 11 is 5.77. The molecule has 2 rings (SSSR count). The van der Waals surface area contributed by atoms with E-state index in [1.807, 2.05) is 6.92 Å². The zero-order valence-electron chi connectivity index (χ0n) is 10.3. The summed E-state index contributed by atoms with van der Waals surface area (Å²) in [7, 11) is 0. The SMILES string of the molecule is CCn1cc(NC(=O)c2cncc(Cl)c2)ccc1=O. The van der Waals surface area contributed by atoms with Crippen LogP contribution in [0.3, 0.4) is 0 Å². The second kappa shape index (κ2) is 5.67. The van der Waals surface area contributed by atoms with Gasteiger partial charge in [0.2, 0.25) is 0 Å². The molecule has 0 spiro atoms. The fourth-order valence-corrected chi connectivity index (χ4v) is 1.77. The van der Waals surface area contributed by atoms with Gasteiger partial charge in [0.05, 0.1) is 16.3 Å². The van der Waals surface area contributed by atoms with Crippen LogP contribution < -0.4 is 10.9 Å². The van der Waals surface area contributed by atoms with Crippen LogP contribution in [0.15, 0.2) is 41.6 Å². The van der Waals surface area contributed by atoms with Gasteiger partial charge in [0.15, 0.2) is 0 Å². The fraction of sp³-hybridized carbons (Fsp3) is 0.154. The second-order valence-corrected chi connectivity index (χ2v) is 4.32. The van der Waals surface area contributed by atoms with Crippen LogP contribution >= 0.6 is 11.6 Å². The van der Waals surface area contributed by atoms with Crippen LogP contribution in [0, 0.1) is 0 Å². The Balaban J connectivity index is 2.22. The van der Waals surface area contributed by atoms with Gasteiger partial charge in [0, 0.05) is 31.2 Å². The van der Waals surface area contributed by atoms with Gasteiger partial charge in [-0.25, -0.2) is 0 Å². The molecular formula is C13H12ClN3O2. The van der Waals surface area contributed by atoms with E-state index in [1.54, 1.807) is 12.3 Å². The van der Waals surface area contributed by atoms with Crippen molar-refractivity contribution in [1.29, 1.82) is 0 Å². The van der Waals surface area contributed by atoms with Gasteiger partial charge in [-0.2, -0.15) is 0 Å². The zero-order valence-corrected chi connectivity index (χ0v) is 11.0. The first kappa shape index (κ1) is 13.3. The molecule has 5 nitrogen and oxygen atoms in total. The molecule has 1 N–H and O–H groups in total. The molecule has 0 aromatic carbocycles. The van der Waals surface area contributed by atoms with E-state index in [9.17, 15) is 9.59 Å². The van der Waals surface area contributed by atoms with Crippen molar-refractivity contribution in [3.05, 3.63) is 57.7 Å². The Hall–Kier alpha value is -2.14. The van der Waals surface area contributed by atoms with Crippen molar-refractivity contribution in [2.45, 2.75) is 13.5 Å². The van der Waals surface area contributed by atoms with Crippen LogP contribution in [0.5, 0.6) is 0 Å². The molecule has 0 radical (unpaired) electrons. The van der Waals surface area contributed by atoms with E-state index < -0.39 is 0 Å². The van der Waals surface area contributed by atoms with Gasteiger partial charge >= 0.3 is 0 Å². The summed E-state index contributed by atoms with van der Waals surface area (Å²) in [4.78, 5) is 27.2. The normalized spacial score (nSPS) is 10.2. The fourth-order valence-electron chi connectivity index (χ4n) is 1.59. The predicted molar refractivity (Wildman–Crippen MR) is 73.6 cm³/mol. The van der Waals surface area contributed by atoms with Gasteiger partial charge in [-0.05, 0) is 19.1 Å². The summed E-state index contributed by atoms with van der Waals surface area (Å²) in [5.41, 5.74) is 0.804. The Labute approximate surface area is 114 Å². The molecule has 19 heavy (non-hydrogen) atoms. The third-order valence-electron chi connectivity index (χ3n) is 2.55. The Kier molecular flexibility index (Phi) is 3.97. The van der Waals surface area contributed by atoms with Gasteiger partial charge < -0.3 is 9.88 Å². The molecule has 1 amide bonds. The van der Waals surface area contributed by atoms with E-state index in [4.69, 9.17) is 11.6 Å². The van der Waals surface area contributed by atoms with E-state index in [-0.39, 0.29) is 11.5 Å². The average molecular weight is 278 g/mol. The zero-order chi connectivity index (χ0) is 13.8. The van der Waals surface area contributed by atoms with Gasteiger partial charge in [0.1, 0.15) is 0 Å². The highest BCUT2D eigenvalue weighted by Gasteiger charge is 2.07. The van der Waals surface area contributed by atoms with Crippen molar-refractivity contribution >= 4 is 23.2 Å². The van der Waals surface area contributed by atoms with Crippen molar-refractivity contribution in [2.75, 3.05) is 5.32 Å². The summed E-state index contributed by atoms with van der Waals surface area (Å²) in [6.45, 7) is 2.40. The van der Waals surface area contributed by atoms with Crippen molar-refractivity contribution in [1.82, 2.24) is 9.55 Å². The summed E-state index contributed by atoms with van der Waals surface area (Å²) in [6.07, 6.45) is 4.48. The number of carbonyl (C=O) groups excluding carboxylic acids is 1. The molecule has 0 aliphatic heterocycles. The number of carbonyl (C=O) groups is 1. The minimum Gasteiger partial charge on any atom is -0.321 e. The third kappa shape index (κ3) is 3.20. The first-order valence-electron chi connectivity index (χ1n) is 5.72. The van der Waals surface area contributed by atoms with Gasteiger partial charge in [-0.15, -0.1) is 0 Å². The molecule has 98 valence electrons. The molecule has 0 bridgehead atoms. The molecule has 0 atom stereocenters. The van der Waals surface area contributed by atoms with Crippen molar-refractivity contribution in [3.63, 3.8) is 0 Å². The Morgan fingerprint density at radius 1 is 1.42 bits per heavy atom. The minimum absolute atomic E-state index is 0.107. The Morgan fingerprint density at radius 2 is 2.21 bits per heavy atom. The maximum atomic E-state index is 12.0. The molecule has 0 saturated heterocycles. The molecule has 0 fully saturated rings. The van der Waals surface area contributed by atoms with E-state index in [0.717, 1.165) is 0 Å². The molecule has 2 heterocycles. The number of aromatic nitrogens is 2. The molecule has 0 saturated carbocycles. The largest absolute Gasteiger partial charge is 0.321 e. The van der Waals surface area contributed by atoms with E-state index in [2.05, 4.69) is 10.3 Å². The second-order valence-electron chi connectivity index (χ2n) is 3.89. The minimum atomic E-state index is -0.323. The summed E-state index contributed by atoms with van der Waals surface area (Å²) < 4.78 is 1.51. The van der Waals surface area contributed by atoms with Crippen molar-refractivity contribution < 1.29 is 4.79 Å². The number of halogens is 1. The molecule has 2 aromatic heterocycles. The average Bonchev–Trinajstić information content (AvgIpc) is 2.41. The third-order valence-corrected chi connectivity index (χ3v) is 2.76. The maximum absolute atomic E-state index is 12.0. The van der Waals surface area contributed by atoms with E-state index in [0.29, 0.717) is 22.8 Å². The molecular weight excluding hydrogens is 266 g/mol. The lowest BCUT2D eigenvalue weighted by molar-refractivity contribution is 0.102. The highest BCUT2D eigenvalue weighted by Crippen LogP contribution is 2.11. The summed E-state index contributed by atoms with van der Waals surface area (Å²) in [6, 6.07) is 4.50. The molecule has 2 aromatic rings. The van der Waals surface area contributed by atoms with Crippen LogP contribution in [-0.2, 0) is 6.54 Å². The van der Waals surface area contributed by atoms with Crippen LogP contribution in [0.2, 0.25) is 5.02 Å². The van der Waals surface area contributed by atoms with E-state index >= 15 is 0 Å². The highest BCUT2D eigenvalue weighted by atomic mass is 35.5. The lowest BCUT2D eigenvalue weighted by Gasteiger charge is -2.07. The van der Waals surface area contributed by atoms with Crippen LogP contribution in [0.1, 0.15) is 17.3 Å². The highest BCUT2D eigenvalue weighted by molar-refractivity contribution is 6.30. The molecule has 0 aliphatic rings. The number of nitrogens with zero attached hydrogens (tertiary/aromatic N) is 2.